The van der Waals surface area contributed by atoms with Crippen LogP contribution in [0.1, 0.15) is 17.5 Å². The van der Waals surface area contributed by atoms with Gasteiger partial charge < -0.3 is 9.15 Å². The quantitative estimate of drug-likeness (QED) is 0.614. The maximum absolute atomic E-state index is 12.7. The number of hydrogen-bond donors (Lipinski definition) is 0. The highest BCUT2D eigenvalue weighted by Gasteiger charge is 2.33. The highest BCUT2D eigenvalue weighted by Crippen LogP contribution is 2.36. The van der Waals surface area contributed by atoms with Crippen molar-refractivity contribution in [3.05, 3.63) is 66.6 Å². The molecule has 1 unspecified atom stereocenters. The molecule has 0 spiro atoms. The second-order valence-corrected chi connectivity index (χ2v) is 5.73. The van der Waals surface area contributed by atoms with Crippen molar-refractivity contribution in [3.8, 4) is 5.75 Å². The van der Waals surface area contributed by atoms with E-state index >= 15 is 0 Å². The Morgan fingerprint density at radius 3 is 2.69 bits per heavy atom. The molecule has 1 aromatic heterocycles. The van der Waals surface area contributed by atoms with Crippen LogP contribution < -0.4 is 21.0 Å². The largest absolute Gasteiger partial charge is 0.479 e. The average molecular weight is 367 g/mol. The van der Waals surface area contributed by atoms with E-state index in [9.17, 15) is 28.1 Å². The van der Waals surface area contributed by atoms with Gasteiger partial charge in [-0.05, 0) is 30.7 Å². The normalized spacial score (nSPS) is 16.2. The lowest BCUT2D eigenvalue weighted by molar-refractivity contribution is -0.386. The van der Waals surface area contributed by atoms with Gasteiger partial charge in [0.25, 0.3) is 0 Å². The summed E-state index contributed by atoms with van der Waals surface area (Å²) < 4.78 is 48.8. The molecule has 2 aromatic rings. The predicted molar refractivity (Wildman–Crippen MR) is 85.0 cm³/mol. The molecule has 6 nitrogen and oxygen atoms in total. The molecular weight excluding hydrogens is 355 g/mol. The van der Waals surface area contributed by atoms with Crippen molar-refractivity contribution in [2.75, 3.05) is 0 Å². The van der Waals surface area contributed by atoms with Crippen molar-refractivity contribution < 1.29 is 27.2 Å². The zero-order valence-corrected chi connectivity index (χ0v) is 13.4. The summed E-state index contributed by atoms with van der Waals surface area (Å²) in [5.74, 6) is -0.295. The third-order valence-electron chi connectivity index (χ3n) is 3.89. The molecule has 0 aliphatic heterocycles. The van der Waals surface area contributed by atoms with Gasteiger partial charge in [0.05, 0.1) is 10.5 Å². The number of halogens is 3. The lowest BCUT2D eigenvalue weighted by Crippen LogP contribution is -2.37. The standard InChI is InChI=1S/C17H12F3NO5/c1-9-6-16(22)26-15-8-11(3-4-12(9)15)25-14-5-2-10(17(18,19)20)7-13(14)21(23)24/h2,4-8,11H,3H2,1H3. The Balaban J connectivity index is 1.98. The van der Waals surface area contributed by atoms with Crippen LogP contribution in [0, 0.1) is 17.0 Å². The average Bonchev–Trinajstić information content (AvgIpc) is 2.53. The molecule has 0 N–H and O–H groups in total. The lowest BCUT2D eigenvalue weighted by Gasteiger charge is -2.17. The SMILES string of the molecule is Cc1cc(=O)oc2c1=CCC(Oc1ccc(C(F)(F)F)cc1[N+](=O)[O-])C=2. The second-order valence-electron chi connectivity index (χ2n) is 5.73. The van der Waals surface area contributed by atoms with Crippen LogP contribution in [0.5, 0.6) is 5.75 Å². The number of hydrogen-bond acceptors (Lipinski definition) is 5. The van der Waals surface area contributed by atoms with Crippen LogP contribution in [0.4, 0.5) is 18.9 Å². The molecule has 0 radical (unpaired) electrons. The minimum Gasteiger partial charge on any atom is -0.479 e. The van der Waals surface area contributed by atoms with E-state index in [0.29, 0.717) is 29.3 Å². The summed E-state index contributed by atoms with van der Waals surface area (Å²) in [5, 5.41) is 11.8. The molecule has 1 aliphatic carbocycles. The van der Waals surface area contributed by atoms with Crippen LogP contribution >= 0.6 is 0 Å². The first-order chi connectivity index (χ1) is 12.1. The predicted octanol–water partition coefficient (Wildman–Crippen LogP) is 2.29. The smallest absolute Gasteiger partial charge is 0.416 e. The Morgan fingerprint density at radius 2 is 2.04 bits per heavy atom. The first kappa shape index (κ1) is 17.7. The monoisotopic (exact) mass is 367 g/mol. The molecule has 0 fully saturated rings. The highest BCUT2D eigenvalue weighted by atomic mass is 19.4. The zero-order valence-electron chi connectivity index (χ0n) is 13.4. The minimum absolute atomic E-state index is 0.265. The second kappa shape index (κ2) is 6.32. The Kier molecular flexibility index (Phi) is 4.31. The highest BCUT2D eigenvalue weighted by molar-refractivity contribution is 5.51. The van der Waals surface area contributed by atoms with E-state index in [4.69, 9.17) is 9.15 Å². The molecule has 0 saturated carbocycles. The van der Waals surface area contributed by atoms with Crippen LogP contribution in [0.3, 0.4) is 0 Å². The number of rotatable bonds is 3. The number of alkyl halides is 3. The van der Waals surface area contributed by atoms with E-state index in [0.717, 1.165) is 6.07 Å². The Bertz CT molecular complexity index is 1060. The van der Waals surface area contributed by atoms with E-state index in [1.807, 2.05) is 0 Å². The molecule has 0 bridgehead atoms. The summed E-state index contributed by atoms with van der Waals surface area (Å²) in [4.78, 5) is 21.6. The van der Waals surface area contributed by atoms with Gasteiger partial charge >= 0.3 is 17.5 Å². The fraction of sp³-hybridized carbons (Fsp3) is 0.235. The fourth-order valence-electron chi connectivity index (χ4n) is 2.68. The molecule has 0 amide bonds. The summed E-state index contributed by atoms with van der Waals surface area (Å²) in [7, 11) is 0. The van der Waals surface area contributed by atoms with Crippen molar-refractivity contribution in [3.63, 3.8) is 0 Å². The molecule has 26 heavy (non-hydrogen) atoms. The Morgan fingerprint density at radius 1 is 1.31 bits per heavy atom. The molecule has 9 heteroatoms. The number of nitrogens with zero attached hydrogens (tertiary/aromatic N) is 1. The molecule has 0 saturated heterocycles. The Hall–Kier alpha value is -3.10. The Labute approximate surface area is 144 Å². The van der Waals surface area contributed by atoms with Gasteiger partial charge in [0, 0.05) is 23.8 Å². The first-order valence-corrected chi connectivity index (χ1v) is 7.50. The van der Waals surface area contributed by atoms with E-state index in [-0.39, 0.29) is 11.2 Å². The zero-order chi connectivity index (χ0) is 19.1. The number of aryl methyl sites for hydroxylation is 1. The van der Waals surface area contributed by atoms with Crippen molar-refractivity contribution in [2.45, 2.75) is 25.6 Å². The summed E-state index contributed by atoms with van der Waals surface area (Å²) in [6.45, 7) is 1.74. The van der Waals surface area contributed by atoms with E-state index in [1.165, 1.54) is 12.1 Å². The molecule has 1 aliphatic rings. The van der Waals surface area contributed by atoms with E-state index in [1.54, 1.807) is 13.0 Å². The number of fused-ring (bicyclic) bond motifs is 1. The van der Waals surface area contributed by atoms with Crippen LogP contribution in [0.2, 0.25) is 0 Å². The van der Waals surface area contributed by atoms with Crippen molar-refractivity contribution >= 4 is 17.8 Å². The van der Waals surface area contributed by atoms with Crippen LogP contribution in [0.25, 0.3) is 12.2 Å². The summed E-state index contributed by atoms with van der Waals surface area (Å²) in [6, 6.07) is 3.40. The molecule has 1 atom stereocenters. The number of ether oxygens (including phenoxy) is 1. The number of nitro groups is 1. The van der Waals surface area contributed by atoms with Gasteiger partial charge in [-0.2, -0.15) is 13.2 Å². The van der Waals surface area contributed by atoms with Gasteiger partial charge in [0.15, 0.2) is 5.75 Å². The molecule has 3 rings (SSSR count). The molecular formula is C17H12F3NO5. The summed E-state index contributed by atoms with van der Waals surface area (Å²) in [5.41, 5.74) is -1.49. The van der Waals surface area contributed by atoms with Gasteiger partial charge in [0.1, 0.15) is 11.5 Å². The maximum Gasteiger partial charge on any atom is 0.416 e. The van der Waals surface area contributed by atoms with E-state index in [2.05, 4.69) is 0 Å². The maximum atomic E-state index is 12.7. The van der Waals surface area contributed by atoms with Crippen LogP contribution in [-0.2, 0) is 6.18 Å². The van der Waals surface area contributed by atoms with Gasteiger partial charge in [-0.15, -0.1) is 0 Å². The van der Waals surface area contributed by atoms with Gasteiger partial charge in [-0.1, -0.05) is 6.08 Å². The van der Waals surface area contributed by atoms with Crippen molar-refractivity contribution in [1.29, 1.82) is 0 Å². The van der Waals surface area contributed by atoms with Crippen LogP contribution in [0.15, 0.2) is 33.5 Å². The number of benzene rings is 1. The molecule has 1 heterocycles. The van der Waals surface area contributed by atoms with Gasteiger partial charge in [-0.3, -0.25) is 10.1 Å². The van der Waals surface area contributed by atoms with Gasteiger partial charge in [0.2, 0.25) is 0 Å². The van der Waals surface area contributed by atoms with Crippen LogP contribution in [-0.4, -0.2) is 11.0 Å². The summed E-state index contributed by atoms with van der Waals surface area (Å²) >= 11 is 0. The van der Waals surface area contributed by atoms with E-state index < -0.39 is 34.1 Å². The number of nitro benzene ring substituents is 1. The van der Waals surface area contributed by atoms with Gasteiger partial charge in [-0.25, -0.2) is 4.79 Å². The van der Waals surface area contributed by atoms with Crippen molar-refractivity contribution in [1.82, 2.24) is 0 Å². The third kappa shape index (κ3) is 3.46. The molecule has 1 aromatic carbocycles. The topological polar surface area (TPSA) is 82.6 Å². The third-order valence-corrected chi connectivity index (χ3v) is 3.89. The summed E-state index contributed by atoms with van der Waals surface area (Å²) in [6.07, 6.45) is -1.88. The lowest BCUT2D eigenvalue weighted by atomic mass is 10.1. The molecule has 136 valence electrons. The minimum atomic E-state index is -4.70. The van der Waals surface area contributed by atoms with Crippen molar-refractivity contribution in [2.24, 2.45) is 0 Å². The fourth-order valence-corrected chi connectivity index (χ4v) is 2.68. The first-order valence-electron chi connectivity index (χ1n) is 7.50.